The lowest BCUT2D eigenvalue weighted by Gasteiger charge is -2.24. The molecule has 0 amide bonds. The van der Waals surface area contributed by atoms with Crippen molar-refractivity contribution in [2.75, 3.05) is 25.6 Å². The van der Waals surface area contributed by atoms with Crippen LogP contribution in [0, 0.1) is 10.8 Å². The highest BCUT2D eigenvalue weighted by atomic mass is 32.2. The van der Waals surface area contributed by atoms with Crippen molar-refractivity contribution in [3.63, 3.8) is 0 Å². The molecule has 0 aromatic heterocycles. The topological polar surface area (TPSA) is 89.6 Å². The zero-order valence-corrected chi connectivity index (χ0v) is 18.4. The first kappa shape index (κ1) is 25.8. The van der Waals surface area contributed by atoms with Crippen LogP contribution in [0.15, 0.2) is 0 Å². The molecule has 26 heavy (non-hydrogen) atoms. The van der Waals surface area contributed by atoms with Gasteiger partial charge in [0.15, 0.2) is 0 Å². The number of aliphatic hydroxyl groups is 1. The predicted molar refractivity (Wildman–Crippen MR) is 110 cm³/mol. The third kappa shape index (κ3) is 17.3. The average Bonchev–Trinajstić information content (AvgIpc) is 2.51. The van der Waals surface area contributed by atoms with Crippen LogP contribution in [-0.4, -0.2) is 39.1 Å². The summed E-state index contributed by atoms with van der Waals surface area (Å²) in [6.45, 7) is 10.7. The molecule has 0 saturated heterocycles. The lowest BCUT2D eigenvalue weighted by molar-refractivity contribution is 0.119. The Bertz CT molecular complexity index is 447. The minimum absolute atomic E-state index is 0.00798. The molecule has 158 valence electrons. The lowest BCUT2D eigenvalue weighted by Crippen LogP contribution is -2.22. The number of unbranched alkanes of at least 4 members (excludes halogenated alkanes) is 3. The Balaban J connectivity index is 3.58. The minimum Gasteiger partial charge on any atom is -0.396 e. The van der Waals surface area contributed by atoms with Gasteiger partial charge in [-0.05, 0) is 55.8 Å². The fourth-order valence-electron chi connectivity index (χ4n) is 3.10. The molecule has 0 rings (SSSR count). The zero-order valence-electron chi connectivity index (χ0n) is 17.6. The molecule has 0 atom stereocenters. The molecule has 5 nitrogen and oxygen atoms in total. The summed E-state index contributed by atoms with van der Waals surface area (Å²) >= 11 is 0. The SMILES string of the molecule is CC(C)(CCCCO)CCCCOCCCCC(C)(C)CCS(N)(=O)=O. The normalized spacial score (nSPS) is 13.3. The fraction of sp³-hybridized carbons (Fsp3) is 1.00. The van der Waals surface area contributed by atoms with Crippen molar-refractivity contribution < 1.29 is 18.3 Å². The van der Waals surface area contributed by atoms with Gasteiger partial charge < -0.3 is 9.84 Å². The van der Waals surface area contributed by atoms with Gasteiger partial charge in [0.05, 0.1) is 5.75 Å². The number of hydrogen-bond donors (Lipinski definition) is 2. The second-order valence-corrected chi connectivity index (χ2v) is 10.9. The Hall–Kier alpha value is -0.170. The van der Waals surface area contributed by atoms with E-state index in [0.717, 1.165) is 51.7 Å². The molecular weight excluding hydrogens is 350 g/mol. The Morgan fingerprint density at radius 1 is 0.769 bits per heavy atom. The van der Waals surface area contributed by atoms with E-state index in [1.807, 2.05) is 0 Å². The van der Waals surface area contributed by atoms with E-state index in [0.29, 0.717) is 18.4 Å². The van der Waals surface area contributed by atoms with Crippen LogP contribution in [0.2, 0.25) is 0 Å². The van der Waals surface area contributed by atoms with Gasteiger partial charge in [0.2, 0.25) is 10.0 Å². The van der Waals surface area contributed by atoms with Gasteiger partial charge in [-0.25, -0.2) is 13.6 Å². The highest BCUT2D eigenvalue weighted by molar-refractivity contribution is 7.89. The van der Waals surface area contributed by atoms with Gasteiger partial charge in [-0.2, -0.15) is 0 Å². The van der Waals surface area contributed by atoms with E-state index in [2.05, 4.69) is 27.7 Å². The smallest absolute Gasteiger partial charge is 0.209 e. The van der Waals surface area contributed by atoms with Gasteiger partial charge in [0, 0.05) is 19.8 Å². The molecule has 0 heterocycles. The van der Waals surface area contributed by atoms with Crippen molar-refractivity contribution in [2.24, 2.45) is 16.0 Å². The summed E-state index contributed by atoms with van der Waals surface area (Å²) in [4.78, 5) is 0. The Labute approximate surface area is 162 Å². The number of rotatable bonds is 17. The summed E-state index contributed by atoms with van der Waals surface area (Å²) in [5.41, 5.74) is 0.367. The van der Waals surface area contributed by atoms with E-state index in [9.17, 15) is 8.42 Å². The van der Waals surface area contributed by atoms with Gasteiger partial charge in [0.1, 0.15) is 0 Å². The molecule has 0 aliphatic carbocycles. The fourth-order valence-corrected chi connectivity index (χ4v) is 3.94. The maximum absolute atomic E-state index is 11.1. The summed E-state index contributed by atoms with van der Waals surface area (Å²) in [5, 5.41) is 13.9. The van der Waals surface area contributed by atoms with E-state index in [1.54, 1.807) is 0 Å². The summed E-state index contributed by atoms with van der Waals surface area (Å²) < 4.78 is 27.8. The maximum atomic E-state index is 11.1. The molecule has 0 radical (unpaired) electrons. The summed E-state index contributed by atoms with van der Waals surface area (Å²) in [5.74, 6) is 0.0623. The standard InChI is InChI=1S/C20H43NO4S/c1-19(2,11-5-8-15-22)12-6-9-16-25-17-10-7-13-20(3,4)14-18-26(21,23)24/h22H,5-18H2,1-4H3,(H2,21,23,24). The van der Waals surface area contributed by atoms with Gasteiger partial charge in [-0.3, -0.25) is 0 Å². The molecular formula is C20H43NO4S. The van der Waals surface area contributed by atoms with Crippen molar-refractivity contribution in [1.29, 1.82) is 0 Å². The number of sulfonamides is 1. The molecule has 0 aliphatic heterocycles. The van der Waals surface area contributed by atoms with E-state index in [1.165, 1.54) is 19.3 Å². The first-order valence-corrected chi connectivity index (χ1v) is 11.9. The van der Waals surface area contributed by atoms with E-state index < -0.39 is 10.0 Å². The molecule has 0 aromatic carbocycles. The van der Waals surface area contributed by atoms with E-state index >= 15 is 0 Å². The van der Waals surface area contributed by atoms with E-state index in [-0.39, 0.29) is 11.2 Å². The monoisotopic (exact) mass is 393 g/mol. The van der Waals surface area contributed by atoms with Crippen LogP contribution in [0.4, 0.5) is 0 Å². The minimum atomic E-state index is -3.36. The number of ether oxygens (including phenoxy) is 1. The Kier molecular flexibility index (Phi) is 13.0. The second kappa shape index (κ2) is 13.1. The van der Waals surface area contributed by atoms with Crippen LogP contribution >= 0.6 is 0 Å². The molecule has 0 unspecified atom stereocenters. The number of aliphatic hydroxyl groups excluding tert-OH is 1. The van der Waals surface area contributed by atoms with Gasteiger partial charge >= 0.3 is 0 Å². The third-order valence-electron chi connectivity index (χ3n) is 5.11. The quantitative estimate of drug-likeness (QED) is 0.362. The van der Waals surface area contributed by atoms with Crippen molar-refractivity contribution in [3.8, 4) is 0 Å². The van der Waals surface area contributed by atoms with Crippen LogP contribution in [0.3, 0.4) is 0 Å². The molecule has 0 saturated carbocycles. The predicted octanol–water partition coefficient (Wildman–Crippen LogP) is 4.24. The molecule has 0 aromatic rings. The van der Waals surface area contributed by atoms with Gasteiger partial charge in [0.25, 0.3) is 0 Å². The Morgan fingerprint density at radius 3 is 1.62 bits per heavy atom. The lowest BCUT2D eigenvalue weighted by atomic mass is 9.82. The van der Waals surface area contributed by atoms with Gasteiger partial charge in [-0.15, -0.1) is 0 Å². The van der Waals surface area contributed by atoms with Crippen molar-refractivity contribution in [2.45, 2.75) is 91.9 Å². The Morgan fingerprint density at radius 2 is 1.19 bits per heavy atom. The highest BCUT2D eigenvalue weighted by Gasteiger charge is 2.20. The largest absolute Gasteiger partial charge is 0.396 e. The number of nitrogens with two attached hydrogens (primary N) is 1. The third-order valence-corrected chi connectivity index (χ3v) is 5.88. The summed E-state index contributed by atoms with van der Waals surface area (Å²) in [7, 11) is -3.36. The highest BCUT2D eigenvalue weighted by Crippen LogP contribution is 2.29. The van der Waals surface area contributed by atoms with Crippen molar-refractivity contribution in [1.82, 2.24) is 0 Å². The molecule has 0 fully saturated rings. The molecule has 0 spiro atoms. The second-order valence-electron chi connectivity index (χ2n) is 9.15. The van der Waals surface area contributed by atoms with Crippen LogP contribution in [0.5, 0.6) is 0 Å². The molecule has 3 N–H and O–H groups in total. The summed E-state index contributed by atoms with van der Waals surface area (Å²) in [6, 6.07) is 0. The number of hydrogen-bond acceptors (Lipinski definition) is 4. The molecule has 6 heteroatoms. The first-order chi connectivity index (χ1) is 12.0. The average molecular weight is 394 g/mol. The van der Waals surface area contributed by atoms with Crippen LogP contribution in [0.25, 0.3) is 0 Å². The van der Waals surface area contributed by atoms with Crippen LogP contribution in [0.1, 0.15) is 91.9 Å². The van der Waals surface area contributed by atoms with Crippen LogP contribution < -0.4 is 5.14 Å². The molecule has 0 bridgehead atoms. The van der Waals surface area contributed by atoms with Crippen molar-refractivity contribution >= 4 is 10.0 Å². The van der Waals surface area contributed by atoms with Gasteiger partial charge in [-0.1, -0.05) is 47.0 Å². The van der Waals surface area contributed by atoms with E-state index in [4.69, 9.17) is 15.0 Å². The summed E-state index contributed by atoms with van der Waals surface area (Å²) in [6.07, 6.45) is 10.4. The number of primary sulfonamides is 1. The maximum Gasteiger partial charge on any atom is 0.209 e. The van der Waals surface area contributed by atoms with Crippen molar-refractivity contribution in [3.05, 3.63) is 0 Å². The first-order valence-electron chi connectivity index (χ1n) is 10.2. The zero-order chi connectivity index (χ0) is 20.1. The molecule has 0 aliphatic rings. The van der Waals surface area contributed by atoms with Crippen LogP contribution in [-0.2, 0) is 14.8 Å².